The normalized spacial score (nSPS) is 13.2. The van der Waals surface area contributed by atoms with Crippen molar-refractivity contribution in [1.29, 1.82) is 0 Å². The maximum absolute atomic E-state index is 2.38. The van der Waals surface area contributed by atoms with E-state index in [1.165, 1.54) is 72.3 Å². The van der Waals surface area contributed by atoms with Gasteiger partial charge in [0.15, 0.2) is 0 Å². The highest BCUT2D eigenvalue weighted by Crippen LogP contribution is 2.42. The van der Waals surface area contributed by atoms with E-state index in [1.807, 2.05) is 0 Å². The van der Waals surface area contributed by atoms with E-state index in [0.717, 1.165) is 23.5 Å². The van der Waals surface area contributed by atoms with Gasteiger partial charge in [-0.2, -0.15) is 0 Å². The molecule has 0 saturated carbocycles. The van der Waals surface area contributed by atoms with Crippen LogP contribution in [0.1, 0.15) is 17.9 Å². The number of hydrogen-bond donors (Lipinski definition) is 0. The summed E-state index contributed by atoms with van der Waals surface area (Å²) < 4.78 is 0. The number of hydrogen-bond acceptors (Lipinski definition) is 1. The van der Waals surface area contributed by atoms with Gasteiger partial charge in [-0.05, 0) is 127 Å². The predicted molar refractivity (Wildman–Crippen MR) is 259 cm³/mol. The van der Waals surface area contributed by atoms with Crippen molar-refractivity contribution in [2.45, 2.75) is 12.3 Å². The molecule has 1 aliphatic rings. The number of benzene rings is 9. The monoisotopic (exact) mass is 779 g/mol. The SMILES string of the molecule is C1=CCC(c2ccc(-c3ccccc3)cc2-c2ccc(N(c3ccc(-c4ccccc4)cc3)c3ccc(-c4cc(-c5ccccc5)ccc4-c4ccccc4)cc3)cc2)C=C1. The van der Waals surface area contributed by atoms with E-state index in [9.17, 15) is 0 Å². The molecule has 9 aromatic carbocycles. The first kappa shape index (κ1) is 37.5. The van der Waals surface area contributed by atoms with Gasteiger partial charge < -0.3 is 4.90 Å². The molecule has 0 bridgehead atoms. The van der Waals surface area contributed by atoms with Crippen molar-refractivity contribution in [2.24, 2.45) is 0 Å². The van der Waals surface area contributed by atoms with Crippen LogP contribution < -0.4 is 4.90 Å². The van der Waals surface area contributed by atoms with Crippen molar-refractivity contribution >= 4 is 17.1 Å². The Morgan fingerprint density at radius 3 is 1.16 bits per heavy atom. The third-order valence-corrected chi connectivity index (χ3v) is 11.9. The van der Waals surface area contributed by atoms with E-state index in [2.05, 4.69) is 260 Å². The number of nitrogens with zero attached hydrogens (tertiary/aromatic N) is 1. The quantitative estimate of drug-likeness (QED) is 0.134. The van der Waals surface area contributed by atoms with Crippen LogP contribution in [-0.2, 0) is 0 Å². The fraction of sp³-hybridized carbons (Fsp3) is 0.0333. The molecule has 0 heterocycles. The van der Waals surface area contributed by atoms with Crippen molar-refractivity contribution in [3.05, 3.63) is 260 Å². The minimum atomic E-state index is 0.332. The van der Waals surface area contributed by atoms with Crippen molar-refractivity contribution in [1.82, 2.24) is 0 Å². The number of rotatable bonds is 10. The van der Waals surface area contributed by atoms with E-state index >= 15 is 0 Å². The Labute approximate surface area is 359 Å². The van der Waals surface area contributed by atoms with Gasteiger partial charge in [0.1, 0.15) is 0 Å². The molecular weight excluding hydrogens is 735 g/mol. The van der Waals surface area contributed by atoms with Gasteiger partial charge in [0.05, 0.1) is 0 Å². The van der Waals surface area contributed by atoms with Gasteiger partial charge in [0.25, 0.3) is 0 Å². The third-order valence-electron chi connectivity index (χ3n) is 11.9. The summed E-state index contributed by atoms with van der Waals surface area (Å²) in [7, 11) is 0. The van der Waals surface area contributed by atoms with E-state index < -0.39 is 0 Å². The first-order chi connectivity index (χ1) is 30.2. The zero-order valence-electron chi connectivity index (χ0n) is 34.0. The summed E-state index contributed by atoms with van der Waals surface area (Å²) in [4.78, 5) is 2.37. The summed E-state index contributed by atoms with van der Waals surface area (Å²) in [6.45, 7) is 0. The number of anilines is 3. The van der Waals surface area contributed by atoms with Gasteiger partial charge >= 0.3 is 0 Å². The molecule has 0 amide bonds. The lowest BCUT2D eigenvalue weighted by Gasteiger charge is -2.26. The van der Waals surface area contributed by atoms with Gasteiger partial charge in [-0.1, -0.05) is 206 Å². The zero-order valence-corrected chi connectivity index (χ0v) is 34.0. The molecule has 0 saturated heterocycles. The van der Waals surface area contributed by atoms with Crippen LogP contribution in [0.3, 0.4) is 0 Å². The van der Waals surface area contributed by atoms with Gasteiger partial charge in [0.2, 0.25) is 0 Å². The standard InChI is InChI=1S/C60H45N/c1-6-16-44(17-7-1)47-26-34-54(35-27-47)61(55-36-28-50(29-37-55)59-42-52(45-18-8-2-9-19-45)32-40-57(59)48-22-12-4-13-23-48)56-38-30-51(31-39-56)60-43-53(46-20-10-3-11-21-46)33-41-58(60)49-24-14-5-15-25-49/h1-24,26-43,49H,25H2. The first-order valence-corrected chi connectivity index (χ1v) is 21.2. The molecule has 61 heavy (non-hydrogen) atoms. The Hall–Kier alpha value is -7.74. The lowest BCUT2D eigenvalue weighted by atomic mass is 9.85. The minimum Gasteiger partial charge on any atom is -0.311 e. The molecule has 10 rings (SSSR count). The zero-order chi connectivity index (χ0) is 40.8. The Morgan fingerprint density at radius 1 is 0.295 bits per heavy atom. The van der Waals surface area contributed by atoms with Gasteiger partial charge in [-0.25, -0.2) is 0 Å². The first-order valence-electron chi connectivity index (χ1n) is 21.2. The van der Waals surface area contributed by atoms with E-state index in [4.69, 9.17) is 0 Å². The van der Waals surface area contributed by atoms with Crippen LogP contribution in [0.2, 0.25) is 0 Å². The van der Waals surface area contributed by atoms with Crippen LogP contribution in [0.15, 0.2) is 255 Å². The van der Waals surface area contributed by atoms with Crippen LogP contribution in [0, 0.1) is 0 Å². The van der Waals surface area contributed by atoms with Crippen molar-refractivity contribution < 1.29 is 0 Å². The summed E-state index contributed by atoms with van der Waals surface area (Å²) in [5, 5.41) is 0. The molecule has 1 heteroatoms. The highest BCUT2D eigenvalue weighted by molar-refractivity contribution is 5.89. The Morgan fingerprint density at radius 2 is 0.672 bits per heavy atom. The van der Waals surface area contributed by atoms with Crippen LogP contribution in [0.25, 0.3) is 66.8 Å². The summed E-state index contributed by atoms with van der Waals surface area (Å²) in [6.07, 6.45) is 9.94. The summed E-state index contributed by atoms with van der Waals surface area (Å²) >= 11 is 0. The second-order valence-corrected chi connectivity index (χ2v) is 15.7. The average Bonchev–Trinajstić information content (AvgIpc) is 3.36. The van der Waals surface area contributed by atoms with Crippen LogP contribution in [-0.4, -0.2) is 0 Å². The molecule has 0 spiro atoms. The van der Waals surface area contributed by atoms with Crippen molar-refractivity contribution in [2.75, 3.05) is 4.90 Å². The Kier molecular flexibility index (Phi) is 10.6. The highest BCUT2D eigenvalue weighted by atomic mass is 15.1. The van der Waals surface area contributed by atoms with E-state index in [1.54, 1.807) is 0 Å². The second-order valence-electron chi connectivity index (χ2n) is 15.7. The molecule has 1 atom stereocenters. The van der Waals surface area contributed by atoms with Gasteiger partial charge in [0, 0.05) is 23.0 Å². The summed E-state index contributed by atoms with van der Waals surface area (Å²) in [5.74, 6) is 0.332. The lowest BCUT2D eigenvalue weighted by molar-refractivity contribution is 0.856. The largest absolute Gasteiger partial charge is 0.311 e. The van der Waals surface area contributed by atoms with Crippen molar-refractivity contribution in [3.63, 3.8) is 0 Å². The molecule has 0 fully saturated rings. The van der Waals surface area contributed by atoms with Gasteiger partial charge in [-0.3, -0.25) is 0 Å². The van der Waals surface area contributed by atoms with Crippen LogP contribution in [0.4, 0.5) is 17.1 Å². The topological polar surface area (TPSA) is 3.24 Å². The van der Waals surface area contributed by atoms with Crippen molar-refractivity contribution in [3.8, 4) is 66.8 Å². The fourth-order valence-electron chi connectivity index (χ4n) is 8.67. The molecule has 0 N–H and O–H groups in total. The third kappa shape index (κ3) is 8.02. The smallest absolute Gasteiger partial charge is 0.0462 e. The molecule has 9 aromatic rings. The van der Waals surface area contributed by atoms with Gasteiger partial charge in [-0.15, -0.1) is 0 Å². The fourth-order valence-corrected chi connectivity index (χ4v) is 8.67. The minimum absolute atomic E-state index is 0.332. The number of allylic oxidation sites excluding steroid dienone is 4. The van der Waals surface area contributed by atoms with Crippen LogP contribution >= 0.6 is 0 Å². The predicted octanol–water partition coefficient (Wildman–Crippen LogP) is 16.8. The molecule has 290 valence electrons. The Balaban J connectivity index is 1.06. The molecule has 0 radical (unpaired) electrons. The molecule has 1 nitrogen and oxygen atoms in total. The second kappa shape index (κ2) is 17.2. The average molecular weight is 780 g/mol. The summed E-state index contributed by atoms with van der Waals surface area (Å²) in [6, 6.07) is 83.7. The molecule has 0 aliphatic heterocycles. The highest BCUT2D eigenvalue weighted by Gasteiger charge is 2.19. The molecule has 0 aromatic heterocycles. The van der Waals surface area contributed by atoms with E-state index in [0.29, 0.717) is 5.92 Å². The summed E-state index contributed by atoms with van der Waals surface area (Å²) in [5.41, 5.74) is 19.2. The molecular formula is C60H45N. The maximum atomic E-state index is 2.38. The lowest BCUT2D eigenvalue weighted by Crippen LogP contribution is -2.10. The van der Waals surface area contributed by atoms with E-state index in [-0.39, 0.29) is 0 Å². The molecule has 1 aliphatic carbocycles. The Bertz CT molecular complexity index is 2930. The molecule has 1 unspecified atom stereocenters. The van der Waals surface area contributed by atoms with Crippen LogP contribution in [0.5, 0.6) is 0 Å². The maximum Gasteiger partial charge on any atom is 0.0462 e.